The molecule has 1 atom stereocenters. The lowest BCUT2D eigenvalue weighted by Crippen LogP contribution is -2.31. The Balaban J connectivity index is 1.81. The Kier molecular flexibility index (Phi) is 5.47. The molecule has 1 aliphatic rings. The summed E-state index contributed by atoms with van der Waals surface area (Å²) in [7, 11) is 1.51. The molecule has 0 spiro atoms. The topological polar surface area (TPSA) is 104 Å². The molecule has 1 unspecified atom stereocenters. The number of ether oxygens (including phenoxy) is 1. The summed E-state index contributed by atoms with van der Waals surface area (Å²) in [4.78, 5) is 39.0. The predicted molar refractivity (Wildman–Crippen MR) is 117 cm³/mol. The number of carboxylic acids is 1. The van der Waals surface area contributed by atoms with Crippen LogP contribution in [-0.4, -0.2) is 35.0 Å². The van der Waals surface area contributed by atoms with E-state index in [9.17, 15) is 19.5 Å². The Hall–Kier alpha value is -4.39. The van der Waals surface area contributed by atoms with Gasteiger partial charge in [0, 0.05) is 11.3 Å². The number of hydrogen-bond acceptors (Lipinski definition) is 5. The van der Waals surface area contributed by atoms with Gasteiger partial charge in [-0.15, -0.1) is 0 Å². The number of carboxylic acid groups (broad SMARTS) is 1. The number of carbonyl (C=O) groups is 3. The Morgan fingerprint density at radius 2 is 1.47 bits per heavy atom. The molecule has 0 aliphatic carbocycles. The van der Waals surface area contributed by atoms with Crippen LogP contribution in [0.15, 0.2) is 90.2 Å². The molecule has 1 heterocycles. The minimum absolute atomic E-state index is 0.0475. The van der Waals surface area contributed by atoms with Crippen LogP contribution in [0.1, 0.15) is 32.3 Å². The molecule has 0 bridgehead atoms. The first kappa shape index (κ1) is 20.9. The van der Waals surface area contributed by atoms with Crippen molar-refractivity contribution in [2.24, 2.45) is 0 Å². The van der Waals surface area contributed by atoms with Crippen LogP contribution < -0.4 is 9.64 Å². The summed E-state index contributed by atoms with van der Waals surface area (Å²) in [6.07, 6.45) is 0. The molecule has 0 radical (unpaired) electrons. The molecule has 1 aliphatic heterocycles. The van der Waals surface area contributed by atoms with E-state index in [2.05, 4.69) is 0 Å². The maximum atomic E-state index is 13.4. The van der Waals surface area contributed by atoms with Crippen LogP contribution in [-0.2, 0) is 4.79 Å². The number of aliphatic hydroxyl groups is 1. The predicted octanol–water partition coefficient (Wildman–Crippen LogP) is 4.18. The van der Waals surface area contributed by atoms with Gasteiger partial charge in [0.1, 0.15) is 5.75 Å². The number of hydrogen-bond donors (Lipinski definition) is 2. The molecule has 32 heavy (non-hydrogen) atoms. The molecule has 0 fully saturated rings. The van der Waals surface area contributed by atoms with Crippen molar-refractivity contribution in [1.82, 2.24) is 0 Å². The highest BCUT2D eigenvalue weighted by atomic mass is 16.5. The van der Waals surface area contributed by atoms with Gasteiger partial charge in [-0.3, -0.25) is 14.5 Å². The summed E-state index contributed by atoms with van der Waals surface area (Å²) < 4.78 is 5.13. The van der Waals surface area contributed by atoms with Gasteiger partial charge >= 0.3 is 5.97 Å². The highest BCUT2D eigenvalue weighted by Crippen LogP contribution is 2.42. The highest BCUT2D eigenvalue weighted by Gasteiger charge is 2.44. The van der Waals surface area contributed by atoms with Crippen LogP contribution in [0.5, 0.6) is 5.75 Å². The number of amides is 1. The van der Waals surface area contributed by atoms with Crippen molar-refractivity contribution in [3.8, 4) is 5.75 Å². The van der Waals surface area contributed by atoms with Crippen LogP contribution in [0.2, 0.25) is 0 Å². The van der Waals surface area contributed by atoms with Crippen molar-refractivity contribution in [2.45, 2.75) is 6.04 Å². The molecule has 160 valence electrons. The molecule has 1 amide bonds. The van der Waals surface area contributed by atoms with Gasteiger partial charge < -0.3 is 14.9 Å². The standard InChI is InChI=1S/C25H19NO6/c1-32-19-13-9-16(10-14-19)22(27)20-21(15-5-3-2-4-6-15)26(24(29)23(20)28)18-11-7-17(8-12-18)25(30)31/h2-14,21,28H,1H3,(H,30,31). The minimum atomic E-state index is -1.10. The van der Waals surface area contributed by atoms with Crippen molar-refractivity contribution < 1.29 is 29.3 Å². The number of aromatic carboxylic acids is 1. The van der Waals surface area contributed by atoms with Gasteiger partial charge in [-0.25, -0.2) is 4.79 Å². The third kappa shape index (κ3) is 3.60. The molecule has 0 aromatic heterocycles. The Labute approximate surface area is 183 Å². The number of benzene rings is 3. The quantitative estimate of drug-likeness (QED) is 0.570. The number of methoxy groups -OCH3 is 1. The maximum Gasteiger partial charge on any atom is 0.335 e. The molecular formula is C25H19NO6. The number of nitrogens with zero attached hydrogens (tertiary/aromatic N) is 1. The van der Waals surface area contributed by atoms with Gasteiger partial charge in [0.15, 0.2) is 11.5 Å². The second kappa shape index (κ2) is 8.39. The van der Waals surface area contributed by atoms with E-state index in [1.54, 1.807) is 54.6 Å². The van der Waals surface area contributed by atoms with E-state index in [1.165, 1.54) is 36.3 Å². The number of ketones is 1. The van der Waals surface area contributed by atoms with Crippen molar-refractivity contribution in [3.63, 3.8) is 0 Å². The van der Waals surface area contributed by atoms with Crippen LogP contribution >= 0.6 is 0 Å². The largest absolute Gasteiger partial charge is 0.503 e. The summed E-state index contributed by atoms with van der Waals surface area (Å²) >= 11 is 0. The number of aliphatic hydroxyl groups excluding tert-OH is 1. The van der Waals surface area contributed by atoms with Crippen molar-refractivity contribution >= 4 is 23.3 Å². The number of rotatable bonds is 6. The third-order valence-electron chi connectivity index (χ3n) is 5.31. The smallest absolute Gasteiger partial charge is 0.335 e. The third-order valence-corrected chi connectivity index (χ3v) is 5.31. The summed E-state index contributed by atoms with van der Waals surface area (Å²) in [6.45, 7) is 0. The van der Waals surface area contributed by atoms with Gasteiger partial charge in [0.05, 0.1) is 24.3 Å². The SMILES string of the molecule is COc1ccc(C(=O)C2=C(O)C(=O)N(c3ccc(C(=O)O)cc3)C2c2ccccc2)cc1. The van der Waals surface area contributed by atoms with Gasteiger partial charge in [0.2, 0.25) is 0 Å². The zero-order chi connectivity index (χ0) is 22.8. The van der Waals surface area contributed by atoms with Gasteiger partial charge in [0.25, 0.3) is 5.91 Å². The Morgan fingerprint density at radius 3 is 2.03 bits per heavy atom. The molecular weight excluding hydrogens is 410 g/mol. The van der Waals surface area contributed by atoms with Crippen molar-refractivity contribution in [2.75, 3.05) is 12.0 Å². The first-order valence-electron chi connectivity index (χ1n) is 9.76. The van der Waals surface area contributed by atoms with Crippen LogP contribution in [0.3, 0.4) is 0 Å². The molecule has 2 N–H and O–H groups in total. The van der Waals surface area contributed by atoms with E-state index in [1.807, 2.05) is 0 Å². The summed E-state index contributed by atoms with van der Waals surface area (Å²) in [6, 6.07) is 20.1. The van der Waals surface area contributed by atoms with Gasteiger partial charge in [-0.1, -0.05) is 30.3 Å². The van der Waals surface area contributed by atoms with Crippen molar-refractivity contribution in [1.29, 1.82) is 0 Å². The van der Waals surface area contributed by atoms with Crippen LogP contribution in [0.4, 0.5) is 5.69 Å². The fourth-order valence-corrected chi connectivity index (χ4v) is 3.72. The zero-order valence-corrected chi connectivity index (χ0v) is 17.1. The van der Waals surface area contributed by atoms with E-state index in [-0.39, 0.29) is 11.1 Å². The van der Waals surface area contributed by atoms with Gasteiger partial charge in [-0.2, -0.15) is 0 Å². The molecule has 0 saturated carbocycles. The fourth-order valence-electron chi connectivity index (χ4n) is 3.72. The molecule has 7 nitrogen and oxygen atoms in total. The van der Waals surface area contributed by atoms with E-state index in [0.29, 0.717) is 22.6 Å². The van der Waals surface area contributed by atoms with E-state index < -0.39 is 29.5 Å². The lowest BCUT2D eigenvalue weighted by Gasteiger charge is -2.27. The first-order chi connectivity index (χ1) is 15.4. The van der Waals surface area contributed by atoms with Gasteiger partial charge in [-0.05, 0) is 54.1 Å². The number of anilines is 1. The number of carbonyl (C=O) groups excluding carboxylic acids is 2. The summed E-state index contributed by atoms with van der Waals surface area (Å²) in [5.41, 5.74) is 1.29. The lowest BCUT2D eigenvalue weighted by molar-refractivity contribution is -0.117. The molecule has 3 aromatic rings. The summed E-state index contributed by atoms with van der Waals surface area (Å²) in [5, 5.41) is 19.9. The zero-order valence-electron chi connectivity index (χ0n) is 17.1. The van der Waals surface area contributed by atoms with E-state index in [4.69, 9.17) is 9.84 Å². The molecule has 0 saturated heterocycles. The second-order valence-corrected chi connectivity index (χ2v) is 7.16. The van der Waals surface area contributed by atoms with Crippen molar-refractivity contribution in [3.05, 3.63) is 107 Å². The first-order valence-corrected chi connectivity index (χ1v) is 9.76. The molecule has 3 aromatic carbocycles. The van der Waals surface area contributed by atoms with E-state index >= 15 is 0 Å². The fraction of sp³-hybridized carbons (Fsp3) is 0.0800. The molecule has 7 heteroatoms. The monoisotopic (exact) mass is 429 g/mol. The van der Waals surface area contributed by atoms with Crippen LogP contribution in [0.25, 0.3) is 0 Å². The minimum Gasteiger partial charge on any atom is -0.503 e. The second-order valence-electron chi connectivity index (χ2n) is 7.16. The van der Waals surface area contributed by atoms with Crippen LogP contribution in [0, 0.1) is 0 Å². The lowest BCUT2D eigenvalue weighted by atomic mass is 9.92. The highest BCUT2D eigenvalue weighted by molar-refractivity contribution is 6.21. The number of Topliss-reactive ketones (excluding diaryl/α,β-unsaturated/α-hetero) is 1. The normalized spacial score (nSPS) is 15.7. The Bertz CT molecular complexity index is 1210. The average molecular weight is 429 g/mol. The average Bonchev–Trinajstić information content (AvgIpc) is 3.09. The maximum absolute atomic E-state index is 13.4. The molecule has 4 rings (SSSR count). The summed E-state index contributed by atoms with van der Waals surface area (Å²) in [5.74, 6) is -2.39. The Morgan fingerprint density at radius 1 is 0.875 bits per heavy atom. The van der Waals surface area contributed by atoms with E-state index in [0.717, 1.165) is 0 Å².